The Kier molecular flexibility index (Phi) is 3.11. The van der Waals surface area contributed by atoms with Gasteiger partial charge in [-0.05, 0) is 31.5 Å². The second-order valence-corrected chi connectivity index (χ2v) is 4.85. The molecule has 0 saturated carbocycles. The molecule has 1 aromatic heterocycles. The van der Waals surface area contributed by atoms with Gasteiger partial charge in [0.05, 0.1) is 6.54 Å². The summed E-state index contributed by atoms with van der Waals surface area (Å²) >= 11 is 0. The molecule has 0 N–H and O–H groups in total. The van der Waals surface area contributed by atoms with Gasteiger partial charge in [-0.15, -0.1) is 0 Å². The van der Waals surface area contributed by atoms with E-state index in [1.165, 1.54) is 0 Å². The molecule has 4 heteroatoms. The molecule has 1 aliphatic heterocycles. The maximum atomic E-state index is 10.8. The molecular formula is C14H16N2O2. The van der Waals surface area contributed by atoms with Crippen LogP contribution in [0, 0.1) is 5.92 Å². The monoisotopic (exact) mass is 244 g/mol. The number of aromatic nitrogens is 1. The third-order valence-electron chi connectivity index (χ3n) is 3.43. The second kappa shape index (κ2) is 4.90. The van der Waals surface area contributed by atoms with E-state index < -0.39 is 0 Å². The zero-order valence-electron chi connectivity index (χ0n) is 10.2. The molecule has 1 unspecified atom stereocenters. The summed E-state index contributed by atoms with van der Waals surface area (Å²) in [6.07, 6.45) is 3.15. The maximum Gasteiger partial charge on any atom is 0.209 e. The average molecular weight is 244 g/mol. The van der Waals surface area contributed by atoms with Crippen LogP contribution in [0.2, 0.25) is 0 Å². The smallest absolute Gasteiger partial charge is 0.209 e. The molecule has 0 spiro atoms. The van der Waals surface area contributed by atoms with Gasteiger partial charge in [-0.3, -0.25) is 4.90 Å². The van der Waals surface area contributed by atoms with Crippen molar-refractivity contribution in [1.82, 2.24) is 9.88 Å². The molecule has 1 saturated heterocycles. The van der Waals surface area contributed by atoms with Crippen molar-refractivity contribution in [2.24, 2.45) is 5.92 Å². The molecule has 94 valence electrons. The lowest BCUT2D eigenvalue weighted by Gasteiger charge is -2.28. The van der Waals surface area contributed by atoms with E-state index in [1.54, 1.807) is 0 Å². The Labute approximate surface area is 106 Å². The summed E-state index contributed by atoms with van der Waals surface area (Å²) in [7, 11) is 0. The predicted molar refractivity (Wildman–Crippen MR) is 68.1 cm³/mol. The van der Waals surface area contributed by atoms with Crippen LogP contribution in [0.25, 0.3) is 11.1 Å². The number of piperidine rings is 1. The van der Waals surface area contributed by atoms with Crippen LogP contribution in [0.15, 0.2) is 28.7 Å². The first kappa shape index (κ1) is 11.4. The molecule has 1 fully saturated rings. The fraction of sp³-hybridized carbons (Fsp3) is 0.429. The van der Waals surface area contributed by atoms with E-state index in [0.717, 1.165) is 49.2 Å². The Hall–Kier alpha value is -1.68. The highest BCUT2D eigenvalue weighted by atomic mass is 16.3. The Morgan fingerprint density at radius 3 is 3.17 bits per heavy atom. The summed E-state index contributed by atoms with van der Waals surface area (Å²) in [5.41, 5.74) is 1.73. The van der Waals surface area contributed by atoms with Crippen molar-refractivity contribution >= 4 is 17.4 Å². The molecule has 0 aliphatic carbocycles. The van der Waals surface area contributed by atoms with E-state index in [0.29, 0.717) is 6.54 Å². The number of rotatable bonds is 3. The van der Waals surface area contributed by atoms with E-state index in [4.69, 9.17) is 4.42 Å². The molecule has 2 heterocycles. The topological polar surface area (TPSA) is 46.3 Å². The summed E-state index contributed by atoms with van der Waals surface area (Å²) in [4.78, 5) is 17.5. The molecule has 0 radical (unpaired) electrons. The van der Waals surface area contributed by atoms with Crippen molar-refractivity contribution in [3.63, 3.8) is 0 Å². The first-order valence-electron chi connectivity index (χ1n) is 6.37. The predicted octanol–water partition coefficient (Wildman–Crippen LogP) is 2.24. The van der Waals surface area contributed by atoms with Crippen LogP contribution in [0.4, 0.5) is 0 Å². The van der Waals surface area contributed by atoms with Gasteiger partial charge in [0.25, 0.3) is 0 Å². The number of nitrogens with zero attached hydrogens (tertiary/aromatic N) is 2. The number of fused-ring (bicyclic) bond motifs is 1. The highest BCUT2D eigenvalue weighted by molar-refractivity contribution is 5.72. The standard InChI is InChI=1S/C14H16N2O2/c17-10-11-4-3-7-16(8-11)9-14-15-12-5-1-2-6-13(12)18-14/h1-2,5-6,10-11H,3-4,7-9H2. The zero-order valence-corrected chi connectivity index (χ0v) is 10.2. The molecule has 1 aromatic carbocycles. The first-order valence-corrected chi connectivity index (χ1v) is 6.37. The van der Waals surface area contributed by atoms with E-state index >= 15 is 0 Å². The van der Waals surface area contributed by atoms with Gasteiger partial charge in [-0.1, -0.05) is 12.1 Å². The lowest BCUT2D eigenvalue weighted by atomic mass is 10.00. The zero-order chi connectivity index (χ0) is 12.4. The minimum Gasteiger partial charge on any atom is -0.439 e. The van der Waals surface area contributed by atoms with E-state index in [2.05, 4.69) is 9.88 Å². The number of para-hydroxylation sites is 2. The summed E-state index contributed by atoms with van der Waals surface area (Å²) in [5.74, 6) is 0.908. The van der Waals surface area contributed by atoms with Crippen LogP contribution in [-0.4, -0.2) is 29.3 Å². The Bertz CT molecular complexity index is 516. The van der Waals surface area contributed by atoms with Gasteiger partial charge >= 0.3 is 0 Å². The van der Waals surface area contributed by atoms with Crippen LogP contribution >= 0.6 is 0 Å². The summed E-state index contributed by atoms with van der Waals surface area (Å²) < 4.78 is 5.70. The summed E-state index contributed by atoms with van der Waals surface area (Å²) in [5, 5.41) is 0. The molecule has 4 nitrogen and oxygen atoms in total. The molecule has 0 bridgehead atoms. The quantitative estimate of drug-likeness (QED) is 0.777. The number of oxazole rings is 1. The van der Waals surface area contributed by atoms with Gasteiger partial charge in [0.15, 0.2) is 5.58 Å². The van der Waals surface area contributed by atoms with Crippen molar-refractivity contribution in [1.29, 1.82) is 0 Å². The number of benzene rings is 1. The average Bonchev–Trinajstić information content (AvgIpc) is 2.81. The van der Waals surface area contributed by atoms with Crippen LogP contribution < -0.4 is 0 Å². The van der Waals surface area contributed by atoms with Gasteiger partial charge in [0, 0.05) is 12.5 Å². The molecule has 0 amide bonds. The number of aldehydes is 1. The van der Waals surface area contributed by atoms with Crippen LogP contribution in [-0.2, 0) is 11.3 Å². The van der Waals surface area contributed by atoms with Gasteiger partial charge < -0.3 is 9.21 Å². The second-order valence-electron chi connectivity index (χ2n) is 4.85. The van der Waals surface area contributed by atoms with E-state index in [-0.39, 0.29) is 5.92 Å². The summed E-state index contributed by atoms with van der Waals surface area (Å²) in [6.45, 7) is 2.53. The number of likely N-dealkylation sites (tertiary alicyclic amines) is 1. The van der Waals surface area contributed by atoms with E-state index in [9.17, 15) is 4.79 Å². The number of hydrogen-bond acceptors (Lipinski definition) is 4. The largest absolute Gasteiger partial charge is 0.439 e. The van der Waals surface area contributed by atoms with Gasteiger partial charge in [-0.25, -0.2) is 4.98 Å². The lowest BCUT2D eigenvalue weighted by molar-refractivity contribution is -0.112. The SMILES string of the molecule is O=CC1CCCN(Cc2nc3ccccc3o2)C1. The van der Waals surface area contributed by atoms with Crippen LogP contribution in [0.3, 0.4) is 0 Å². The number of hydrogen-bond donors (Lipinski definition) is 0. The van der Waals surface area contributed by atoms with Crippen molar-refractivity contribution in [3.05, 3.63) is 30.2 Å². The minimum absolute atomic E-state index is 0.170. The highest BCUT2D eigenvalue weighted by Gasteiger charge is 2.20. The van der Waals surface area contributed by atoms with Gasteiger partial charge in [0.1, 0.15) is 11.8 Å². The van der Waals surface area contributed by atoms with Crippen molar-refractivity contribution in [2.45, 2.75) is 19.4 Å². The highest BCUT2D eigenvalue weighted by Crippen LogP contribution is 2.19. The Balaban J connectivity index is 1.73. The van der Waals surface area contributed by atoms with Crippen molar-refractivity contribution in [3.8, 4) is 0 Å². The normalized spacial score (nSPS) is 21.2. The fourth-order valence-electron chi connectivity index (χ4n) is 2.52. The molecule has 3 rings (SSSR count). The van der Waals surface area contributed by atoms with E-state index in [1.807, 2.05) is 24.3 Å². The molecule has 2 aromatic rings. The van der Waals surface area contributed by atoms with Crippen molar-refractivity contribution in [2.75, 3.05) is 13.1 Å². The Morgan fingerprint density at radius 2 is 2.33 bits per heavy atom. The summed E-state index contributed by atoms with van der Waals surface area (Å²) in [6, 6.07) is 7.78. The maximum absolute atomic E-state index is 10.8. The number of carbonyl (C=O) groups excluding carboxylic acids is 1. The van der Waals surface area contributed by atoms with Gasteiger partial charge in [-0.2, -0.15) is 0 Å². The molecule has 18 heavy (non-hydrogen) atoms. The van der Waals surface area contributed by atoms with Crippen LogP contribution in [0.1, 0.15) is 18.7 Å². The molecular weight excluding hydrogens is 228 g/mol. The van der Waals surface area contributed by atoms with Crippen molar-refractivity contribution < 1.29 is 9.21 Å². The number of carbonyl (C=O) groups is 1. The lowest BCUT2D eigenvalue weighted by Crippen LogP contribution is -2.35. The Morgan fingerprint density at radius 1 is 1.44 bits per heavy atom. The molecule has 1 aliphatic rings. The third-order valence-corrected chi connectivity index (χ3v) is 3.43. The minimum atomic E-state index is 0.170. The third kappa shape index (κ3) is 2.29. The first-order chi connectivity index (χ1) is 8.85. The molecule has 1 atom stereocenters. The van der Waals surface area contributed by atoms with Gasteiger partial charge in [0.2, 0.25) is 5.89 Å². The fourth-order valence-corrected chi connectivity index (χ4v) is 2.52. The van der Waals surface area contributed by atoms with Crippen LogP contribution in [0.5, 0.6) is 0 Å².